The van der Waals surface area contributed by atoms with Gasteiger partial charge in [-0.2, -0.15) is 0 Å². The van der Waals surface area contributed by atoms with Crippen molar-refractivity contribution < 1.29 is 4.52 Å². The average molecular weight is 299 g/mol. The number of aromatic nitrogens is 1. The highest BCUT2D eigenvalue weighted by atomic mass is 35.5. The van der Waals surface area contributed by atoms with E-state index in [0.717, 1.165) is 27.8 Å². The zero-order valence-corrected chi connectivity index (χ0v) is 12.6. The first-order chi connectivity index (χ1) is 10.1. The highest BCUT2D eigenvalue weighted by Crippen LogP contribution is 2.38. The van der Waals surface area contributed by atoms with Gasteiger partial charge in [0.15, 0.2) is 11.6 Å². The number of hydrogen-bond acceptors (Lipinski definition) is 3. The first kappa shape index (κ1) is 13.7. The van der Waals surface area contributed by atoms with E-state index >= 15 is 0 Å². The van der Waals surface area contributed by atoms with Gasteiger partial charge in [-0.25, -0.2) is 0 Å². The summed E-state index contributed by atoms with van der Waals surface area (Å²) < 4.78 is 5.48. The Kier molecular flexibility index (Phi) is 3.43. The van der Waals surface area contributed by atoms with E-state index in [1.54, 1.807) is 0 Å². The quantitative estimate of drug-likeness (QED) is 0.735. The van der Waals surface area contributed by atoms with Gasteiger partial charge in [0.1, 0.15) is 0 Å². The zero-order valence-electron chi connectivity index (χ0n) is 11.9. The van der Waals surface area contributed by atoms with Gasteiger partial charge in [0.05, 0.1) is 5.56 Å². The lowest BCUT2D eigenvalue weighted by molar-refractivity contribution is 0.436. The molecule has 3 aromatic rings. The van der Waals surface area contributed by atoms with E-state index in [-0.39, 0.29) is 0 Å². The lowest BCUT2D eigenvalue weighted by Gasteiger charge is -2.07. The molecule has 0 radical (unpaired) electrons. The maximum absolute atomic E-state index is 6.10. The Morgan fingerprint density at radius 2 is 1.90 bits per heavy atom. The first-order valence-corrected chi connectivity index (χ1v) is 7.03. The Bertz CT molecular complexity index is 808. The fraction of sp³-hybridized carbons (Fsp3) is 0.118. The molecule has 4 heteroatoms. The summed E-state index contributed by atoms with van der Waals surface area (Å²) in [5.41, 5.74) is 10.9. The standard InChI is InChI=1S/C17H15ClN2O/c1-10-4-3-5-12(8-10)15-16(21-20-17(15)19)14-9-13(18)7-6-11(14)2/h3-9H,1-2H3,(H2,19,20). The summed E-state index contributed by atoms with van der Waals surface area (Å²) in [5.74, 6) is 1.04. The highest BCUT2D eigenvalue weighted by molar-refractivity contribution is 6.30. The Morgan fingerprint density at radius 3 is 2.67 bits per heavy atom. The van der Waals surface area contributed by atoms with Crippen LogP contribution in [-0.4, -0.2) is 5.16 Å². The number of benzene rings is 2. The van der Waals surface area contributed by atoms with Crippen LogP contribution in [0, 0.1) is 13.8 Å². The van der Waals surface area contributed by atoms with Gasteiger partial charge in [-0.15, -0.1) is 0 Å². The van der Waals surface area contributed by atoms with Crippen molar-refractivity contribution in [3.05, 3.63) is 58.6 Å². The minimum atomic E-state index is 0.384. The van der Waals surface area contributed by atoms with Crippen molar-refractivity contribution in [2.75, 3.05) is 5.73 Å². The van der Waals surface area contributed by atoms with E-state index in [2.05, 4.69) is 11.2 Å². The van der Waals surface area contributed by atoms with Crippen LogP contribution in [0.2, 0.25) is 5.02 Å². The summed E-state index contributed by atoms with van der Waals surface area (Å²) in [6.45, 7) is 4.04. The fourth-order valence-electron chi connectivity index (χ4n) is 2.40. The monoisotopic (exact) mass is 298 g/mol. The molecule has 3 rings (SSSR count). The maximum atomic E-state index is 6.10. The second-order valence-corrected chi connectivity index (χ2v) is 5.54. The van der Waals surface area contributed by atoms with Crippen LogP contribution in [0.25, 0.3) is 22.5 Å². The Hall–Kier alpha value is -2.26. The molecule has 21 heavy (non-hydrogen) atoms. The molecule has 0 fully saturated rings. The van der Waals surface area contributed by atoms with Gasteiger partial charge in [0.25, 0.3) is 0 Å². The molecule has 0 saturated carbocycles. The van der Waals surface area contributed by atoms with E-state index in [9.17, 15) is 0 Å². The van der Waals surface area contributed by atoms with Crippen molar-refractivity contribution >= 4 is 17.4 Å². The van der Waals surface area contributed by atoms with Gasteiger partial charge < -0.3 is 10.3 Å². The molecule has 106 valence electrons. The largest absolute Gasteiger partial charge is 0.380 e. The number of anilines is 1. The molecule has 0 unspecified atom stereocenters. The molecule has 0 bridgehead atoms. The molecule has 3 nitrogen and oxygen atoms in total. The second kappa shape index (κ2) is 5.26. The lowest BCUT2D eigenvalue weighted by atomic mass is 9.98. The predicted molar refractivity (Wildman–Crippen MR) is 86.3 cm³/mol. The minimum Gasteiger partial charge on any atom is -0.380 e. The van der Waals surface area contributed by atoms with Gasteiger partial charge in [-0.1, -0.05) is 52.7 Å². The fourth-order valence-corrected chi connectivity index (χ4v) is 2.58. The third kappa shape index (κ3) is 2.52. The summed E-state index contributed by atoms with van der Waals surface area (Å²) in [6.07, 6.45) is 0. The van der Waals surface area contributed by atoms with Gasteiger partial charge in [-0.3, -0.25) is 0 Å². The summed E-state index contributed by atoms with van der Waals surface area (Å²) in [4.78, 5) is 0. The smallest absolute Gasteiger partial charge is 0.177 e. The summed E-state index contributed by atoms with van der Waals surface area (Å²) in [6, 6.07) is 13.8. The molecule has 0 amide bonds. The molecule has 0 aliphatic heterocycles. The lowest BCUT2D eigenvalue weighted by Crippen LogP contribution is -1.90. The molecule has 1 heterocycles. The number of rotatable bonds is 2. The first-order valence-electron chi connectivity index (χ1n) is 6.65. The van der Waals surface area contributed by atoms with Crippen molar-refractivity contribution in [2.45, 2.75) is 13.8 Å². The number of hydrogen-bond donors (Lipinski definition) is 1. The molecule has 2 N–H and O–H groups in total. The molecule has 2 aromatic carbocycles. The van der Waals surface area contributed by atoms with Crippen molar-refractivity contribution in [2.24, 2.45) is 0 Å². The van der Waals surface area contributed by atoms with Gasteiger partial charge >= 0.3 is 0 Å². The predicted octanol–water partition coefficient (Wildman–Crippen LogP) is 4.86. The van der Waals surface area contributed by atoms with E-state index in [0.29, 0.717) is 16.6 Å². The molecular weight excluding hydrogens is 284 g/mol. The van der Waals surface area contributed by atoms with Gasteiger partial charge in [0.2, 0.25) is 0 Å². The minimum absolute atomic E-state index is 0.384. The van der Waals surface area contributed by atoms with Gasteiger partial charge in [-0.05, 0) is 37.1 Å². The van der Waals surface area contributed by atoms with Crippen molar-refractivity contribution in [1.82, 2.24) is 5.16 Å². The number of aryl methyl sites for hydroxylation is 2. The normalized spacial score (nSPS) is 10.8. The van der Waals surface area contributed by atoms with Crippen LogP contribution >= 0.6 is 11.6 Å². The topological polar surface area (TPSA) is 52.0 Å². The number of halogens is 1. The van der Waals surface area contributed by atoms with Crippen molar-refractivity contribution in [1.29, 1.82) is 0 Å². The number of nitrogens with zero attached hydrogens (tertiary/aromatic N) is 1. The highest BCUT2D eigenvalue weighted by Gasteiger charge is 2.19. The zero-order chi connectivity index (χ0) is 15.0. The Balaban J connectivity index is 2.24. The van der Waals surface area contributed by atoms with Gasteiger partial charge in [0, 0.05) is 10.6 Å². The van der Waals surface area contributed by atoms with Crippen LogP contribution < -0.4 is 5.73 Å². The molecule has 0 atom stereocenters. The SMILES string of the molecule is Cc1cccc(-c2c(N)noc2-c2cc(Cl)ccc2C)c1. The van der Waals surface area contributed by atoms with E-state index in [4.69, 9.17) is 21.9 Å². The van der Waals surface area contributed by atoms with E-state index < -0.39 is 0 Å². The molecule has 0 saturated heterocycles. The van der Waals surface area contributed by atoms with Crippen molar-refractivity contribution in [3.8, 4) is 22.5 Å². The van der Waals surface area contributed by atoms with Crippen LogP contribution in [0.3, 0.4) is 0 Å². The molecule has 0 aliphatic carbocycles. The number of nitrogens with two attached hydrogens (primary N) is 1. The summed E-state index contributed by atoms with van der Waals surface area (Å²) >= 11 is 6.10. The molecule has 0 spiro atoms. The van der Waals surface area contributed by atoms with Crippen molar-refractivity contribution in [3.63, 3.8) is 0 Å². The van der Waals surface area contributed by atoms with E-state index in [1.807, 2.05) is 50.2 Å². The number of nitrogen functional groups attached to an aromatic ring is 1. The molecular formula is C17H15ClN2O. The van der Waals surface area contributed by atoms with Crippen LogP contribution in [0.1, 0.15) is 11.1 Å². The third-order valence-electron chi connectivity index (χ3n) is 3.47. The third-order valence-corrected chi connectivity index (χ3v) is 3.70. The average Bonchev–Trinajstić information content (AvgIpc) is 2.83. The molecule has 1 aromatic heterocycles. The Labute approximate surface area is 128 Å². The van der Waals surface area contributed by atoms with E-state index in [1.165, 1.54) is 0 Å². The summed E-state index contributed by atoms with van der Waals surface area (Å²) in [5, 5.41) is 4.58. The van der Waals surface area contributed by atoms with Crippen LogP contribution in [0.4, 0.5) is 5.82 Å². The summed E-state index contributed by atoms with van der Waals surface area (Å²) in [7, 11) is 0. The van der Waals surface area contributed by atoms with Crippen LogP contribution in [-0.2, 0) is 0 Å². The van der Waals surface area contributed by atoms with Crippen LogP contribution in [0.15, 0.2) is 47.0 Å². The van der Waals surface area contributed by atoms with Crippen LogP contribution in [0.5, 0.6) is 0 Å². The maximum Gasteiger partial charge on any atom is 0.177 e. The second-order valence-electron chi connectivity index (χ2n) is 5.10. The molecule has 0 aliphatic rings. The Morgan fingerprint density at radius 1 is 1.10 bits per heavy atom.